The van der Waals surface area contributed by atoms with Gasteiger partial charge in [-0.1, -0.05) is 19.3 Å². The minimum Gasteiger partial charge on any atom is -0.489 e. The fourth-order valence-corrected chi connectivity index (χ4v) is 10.9. The molecular weight excluding hydrogens is 885 g/mol. The summed E-state index contributed by atoms with van der Waals surface area (Å²) in [6.07, 6.45) is 9.88. The number of benzene rings is 1. The SMILES string of the molecule is CN[C@@H](C)C(=O)N[C@H](C(=O)N1CCN(C(=O)c2cc3cc(F)c(F)cc3n2CC(=O)N2CCC[C@@H]2COc2cc(CN3CCC(Oc4ccnc5ccsc45)CC3)on2)CC1)C1CCCCC1. The predicted octanol–water partition coefficient (Wildman–Crippen LogP) is 5.59. The van der Waals surface area contributed by atoms with Gasteiger partial charge >= 0.3 is 0 Å². The van der Waals surface area contributed by atoms with Crippen molar-refractivity contribution in [3.8, 4) is 11.6 Å². The lowest BCUT2D eigenvalue weighted by Gasteiger charge is -2.39. The summed E-state index contributed by atoms with van der Waals surface area (Å²) in [6, 6.07) is 7.85. The minimum atomic E-state index is -1.09. The van der Waals surface area contributed by atoms with Gasteiger partial charge in [-0.2, -0.15) is 0 Å². The smallest absolute Gasteiger partial charge is 0.270 e. The molecule has 2 N–H and O–H groups in total. The number of hydrogen-bond donors (Lipinski definition) is 2. The maximum atomic E-state index is 14.8. The van der Waals surface area contributed by atoms with Crippen LogP contribution < -0.4 is 20.1 Å². The lowest BCUT2D eigenvalue weighted by molar-refractivity contribution is -0.140. The molecule has 0 spiro atoms. The number of carbonyl (C=O) groups excluding carboxylic acids is 4. The molecule has 16 nitrogen and oxygen atoms in total. The molecule has 5 aromatic rings. The maximum absolute atomic E-state index is 14.8. The zero-order valence-electron chi connectivity index (χ0n) is 38.1. The van der Waals surface area contributed by atoms with Crippen molar-refractivity contribution >= 4 is 56.1 Å². The summed E-state index contributed by atoms with van der Waals surface area (Å²) in [6.45, 7) is 5.25. The van der Waals surface area contributed by atoms with E-state index in [2.05, 4.69) is 25.7 Å². The summed E-state index contributed by atoms with van der Waals surface area (Å²) in [5.41, 5.74) is 1.29. The number of hydrogen-bond acceptors (Lipinski definition) is 12. The highest BCUT2D eigenvalue weighted by Gasteiger charge is 2.37. The summed E-state index contributed by atoms with van der Waals surface area (Å²) in [5.74, 6) is -1.35. The molecule has 9 rings (SSSR count). The number of likely N-dealkylation sites (N-methyl/N-ethyl adjacent to an activating group) is 1. The fraction of sp³-hybridized carbons (Fsp3) is 0.542. The molecule has 0 unspecified atom stereocenters. The molecule has 0 bridgehead atoms. The third-order valence-corrected chi connectivity index (χ3v) is 14.9. The topological polar surface area (TPSA) is 168 Å². The second-order valence-corrected chi connectivity index (χ2v) is 19.2. The number of fused-ring (bicyclic) bond motifs is 2. The van der Waals surface area contributed by atoms with Gasteiger partial charge < -0.3 is 43.9 Å². The van der Waals surface area contributed by atoms with Crippen molar-refractivity contribution in [2.75, 3.05) is 59.5 Å². The number of likely N-dealkylation sites (tertiary alicyclic amines) is 2. The Hall–Kier alpha value is -5.66. The number of pyridine rings is 1. The molecule has 3 atom stereocenters. The van der Waals surface area contributed by atoms with E-state index in [9.17, 15) is 28.0 Å². The van der Waals surface area contributed by atoms with Gasteiger partial charge in [0.25, 0.3) is 11.8 Å². The van der Waals surface area contributed by atoms with Gasteiger partial charge in [0, 0.05) is 69.5 Å². The predicted molar refractivity (Wildman–Crippen MR) is 247 cm³/mol. The van der Waals surface area contributed by atoms with Crippen LogP contribution in [0.2, 0.25) is 0 Å². The number of piperidine rings is 1. The Balaban J connectivity index is 0.803. The summed E-state index contributed by atoms with van der Waals surface area (Å²) < 4.78 is 50.0. The molecule has 1 aliphatic carbocycles. The third kappa shape index (κ3) is 10.4. The van der Waals surface area contributed by atoms with Crippen LogP contribution in [0.4, 0.5) is 8.78 Å². The Labute approximate surface area is 391 Å². The number of amides is 4. The Morgan fingerprint density at radius 3 is 2.43 bits per heavy atom. The van der Waals surface area contributed by atoms with Crippen LogP contribution in [0, 0.1) is 17.6 Å². The van der Waals surface area contributed by atoms with Crippen molar-refractivity contribution in [1.29, 1.82) is 0 Å². The lowest BCUT2D eigenvalue weighted by Crippen LogP contribution is -2.59. The quantitative estimate of drug-likeness (QED) is 0.134. The normalized spacial score (nSPS) is 19.8. The second kappa shape index (κ2) is 20.7. The third-order valence-electron chi connectivity index (χ3n) is 14.0. The van der Waals surface area contributed by atoms with Gasteiger partial charge in [0.05, 0.1) is 34.4 Å². The highest BCUT2D eigenvalue weighted by atomic mass is 32.1. The van der Waals surface area contributed by atoms with Crippen molar-refractivity contribution in [3.05, 3.63) is 71.1 Å². The van der Waals surface area contributed by atoms with E-state index in [1.54, 1.807) is 52.3 Å². The van der Waals surface area contributed by atoms with Crippen molar-refractivity contribution < 1.29 is 42.0 Å². The first-order chi connectivity index (χ1) is 32.5. The number of aromatic nitrogens is 3. The Bertz CT molecular complexity index is 2560. The van der Waals surface area contributed by atoms with E-state index >= 15 is 0 Å². The van der Waals surface area contributed by atoms with E-state index < -0.39 is 29.6 Å². The van der Waals surface area contributed by atoms with Gasteiger partial charge in [0.1, 0.15) is 36.7 Å². The van der Waals surface area contributed by atoms with Crippen LogP contribution in [0.15, 0.2) is 52.5 Å². The molecule has 3 saturated heterocycles. The number of nitrogens with one attached hydrogen (secondary N) is 2. The number of halogens is 2. The largest absolute Gasteiger partial charge is 0.489 e. The molecule has 4 aliphatic rings. The van der Waals surface area contributed by atoms with Crippen molar-refractivity contribution in [3.63, 3.8) is 0 Å². The Kier molecular flexibility index (Phi) is 14.3. The highest BCUT2D eigenvalue weighted by Crippen LogP contribution is 2.32. The van der Waals surface area contributed by atoms with E-state index in [1.807, 2.05) is 17.5 Å². The van der Waals surface area contributed by atoms with Gasteiger partial charge in [0.2, 0.25) is 17.7 Å². The monoisotopic (exact) mass is 943 g/mol. The first kappa shape index (κ1) is 46.5. The second-order valence-electron chi connectivity index (χ2n) is 18.3. The average molecular weight is 944 g/mol. The average Bonchev–Trinajstić information content (AvgIpc) is 4.19. The first-order valence-electron chi connectivity index (χ1n) is 23.7. The van der Waals surface area contributed by atoms with Gasteiger partial charge in [-0.25, -0.2) is 8.78 Å². The summed E-state index contributed by atoms with van der Waals surface area (Å²) in [4.78, 5) is 67.2. The number of piperazine rings is 1. The van der Waals surface area contributed by atoms with Crippen molar-refractivity contribution in [2.24, 2.45) is 5.92 Å². The van der Waals surface area contributed by atoms with Crippen LogP contribution in [-0.4, -0.2) is 142 Å². The molecule has 1 aromatic carbocycles. The zero-order chi connectivity index (χ0) is 46.6. The fourth-order valence-electron chi connectivity index (χ4n) is 10.1. The Morgan fingerprint density at radius 1 is 0.896 bits per heavy atom. The van der Waals surface area contributed by atoms with Crippen LogP contribution in [0.25, 0.3) is 21.1 Å². The van der Waals surface area contributed by atoms with E-state index in [0.29, 0.717) is 31.2 Å². The summed E-state index contributed by atoms with van der Waals surface area (Å²) in [7, 11) is 1.70. The van der Waals surface area contributed by atoms with Gasteiger partial charge in [-0.3, -0.25) is 29.1 Å². The molecule has 7 heterocycles. The van der Waals surface area contributed by atoms with E-state index in [0.717, 1.165) is 92.6 Å². The number of ether oxygens (including phenoxy) is 2. The molecule has 0 radical (unpaired) electrons. The van der Waals surface area contributed by atoms with Gasteiger partial charge in [-0.05, 0) is 93.2 Å². The lowest BCUT2D eigenvalue weighted by atomic mass is 9.83. The molecule has 67 heavy (non-hydrogen) atoms. The summed E-state index contributed by atoms with van der Waals surface area (Å²) in [5, 5.41) is 12.4. The maximum Gasteiger partial charge on any atom is 0.270 e. The first-order valence-corrected chi connectivity index (χ1v) is 24.5. The highest BCUT2D eigenvalue weighted by molar-refractivity contribution is 7.17. The van der Waals surface area contributed by atoms with Crippen molar-refractivity contribution in [1.82, 2.24) is 44.9 Å². The van der Waals surface area contributed by atoms with E-state index in [4.69, 9.17) is 14.0 Å². The standard InChI is InChI=1S/C48H59F2N9O7S/c1-30(51-2)46(61)53-44(31-7-4-3-5-8-31)48(63)57-20-18-56(19-21-57)47(62)40-24-32-23-36(49)37(50)26-39(32)59(40)28-43(60)58-15-6-9-33(58)29-64-42-25-35(66-54-42)27-55-16-11-34(12-17-55)65-41-10-14-52-38-13-22-67-45(38)41/h10,13-14,22-26,30-31,33-34,44,51H,3-9,11-12,15-21,27-29H2,1-2H3,(H,53,61)/t30-,33+,44-/m0/s1. The number of carbonyl (C=O) groups is 4. The molecule has 19 heteroatoms. The number of thiophene rings is 1. The molecule has 1 saturated carbocycles. The van der Waals surface area contributed by atoms with E-state index in [-0.39, 0.29) is 91.7 Å². The number of rotatable bonds is 15. The minimum absolute atomic E-state index is 0.0304. The molecular formula is C48H59F2N9O7S. The zero-order valence-corrected chi connectivity index (χ0v) is 38.9. The van der Waals surface area contributed by atoms with Gasteiger partial charge in [0.15, 0.2) is 17.4 Å². The molecule has 4 fully saturated rings. The van der Waals surface area contributed by atoms with Crippen LogP contribution in [0.3, 0.4) is 0 Å². The van der Waals surface area contributed by atoms with Crippen LogP contribution in [-0.2, 0) is 27.5 Å². The van der Waals surface area contributed by atoms with Gasteiger partial charge in [-0.15, -0.1) is 11.3 Å². The molecule has 358 valence electrons. The number of nitrogens with zero attached hydrogens (tertiary/aromatic N) is 7. The Morgan fingerprint density at radius 2 is 1.66 bits per heavy atom. The van der Waals surface area contributed by atoms with Crippen LogP contribution in [0.5, 0.6) is 11.6 Å². The summed E-state index contributed by atoms with van der Waals surface area (Å²) >= 11 is 1.63. The molecule has 4 amide bonds. The van der Waals surface area contributed by atoms with E-state index in [1.165, 1.54) is 10.6 Å². The molecule has 3 aliphatic heterocycles. The van der Waals surface area contributed by atoms with Crippen LogP contribution in [0.1, 0.15) is 81.0 Å². The van der Waals surface area contributed by atoms with Crippen molar-refractivity contribution in [2.45, 2.75) is 102 Å². The molecule has 4 aromatic heterocycles. The van der Waals surface area contributed by atoms with Crippen LogP contribution >= 0.6 is 11.3 Å².